The van der Waals surface area contributed by atoms with Gasteiger partial charge in [-0.1, -0.05) is 6.92 Å². The largest absolute Gasteiger partial charge is 0.481 e. The number of carbonyl (C=O) groups is 2. The standard InChI is InChI=1S/C14H22N2O3/c1-3-4-9-15-13(19)16-10-14(12(17)18)7-5-11(2)6-8-14/h1,11H,4-10H2,2H3,(H,17,18)(H2,15,16,19). The second-order valence-corrected chi connectivity index (χ2v) is 5.33. The van der Waals surface area contributed by atoms with Gasteiger partial charge in [0.25, 0.3) is 0 Å². The third-order valence-electron chi connectivity index (χ3n) is 3.83. The molecule has 0 radical (unpaired) electrons. The maximum atomic E-state index is 11.5. The zero-order valence-electron chi connectivity index (χ0n) is 11.4. The summed E-state index contributed by atoms with van der Waals surface area (Å²) in [6.07, 6.45) is 8.58. The van der Waals surface area contributed by atoms with E-state index in [-0.39, 0.29) is 12.6 Å². The quantitative estimate of drug-likeness (QED) is 0.522. The van der Waals surface area contributed by atoms with Crippen molar-refractivity contribution in [3.63, 3.8) is 0 Å². The number of urea groups is 1. The molecule has 0 heterocycles. The first kappa shape index (κ1) is 15.4. The van der Waals surface area contributed by atoms with E-state index in [4.69, 9.17) is 6.42 Å². The van der Waals surface area contributed by atoms with Crippen LogP contribution in [0.25, 0.3) is 0 Å². The van der Waals surface area contributed by atoms with Gasteiger partial charge in [0.2, 0.25) is 0 Å². The minimum Gasteiger partial charge on any atom is -0.481 e. The van der Waals surface area contributed by atoms with Crippen LogP contribution in [0.15, 0.2) is 0 Å². The number of aliphatic carboxylic acids is 1. The summed E-state index contributed by atoms with van der Waals surface area (Å²) >= 11 is 0. The Bertz CT molecular complexity index is 365. The number of hydrogen-bond acceptors (Lipinski definition) is 2. The number of carboxylic acids is 1. The molecule has 5 heteroatoms. The number of terminal acetylenes is 1. The predicted molar refractivity (Wildman–Crippen MR) is 72.6 cm³/mol. The Morgan fingerprint density at radius 1 is 1.37 bits per heavy atom. The highest BCUT2D eigenvalue weighted by molar-refractivity contribution is 5.78. The average Bonchev–Trinajstić information content (AvgIpc) is 2.38. The van der Waals surface area contributed by atoms with Crippen LogP contribution >= 0.6 is 0 Å². The zero-order valence-corrected chi connectivity index (χ0v) is 11.4. The van der Waals surface area contributed by atoms with E-state index in [0.717, 1.165) is 12.8 Å². The molecule has 3 N–H and O–H groups in total. The molecule has 0 bridgehead atoms. The third-order valence-corrected chi connectivity index (χ3v) is 3.83. The molecule has 0 unspecified atom stereocenters. The molecule has 106 valence electrons. The lowest BCUT2D eigenvalue weighted by Gasteiger charge is -2.35. The summed E-state index contributed by atoms with van der Waals surface area (Å²) in [5.41, 5.74) is -0.810. The summed E-state index contributed by atoms with van der Waals surface area (Å²) in [5.74, 6) is 2.17. The lowest BCUT2D eigenvalue weighted by atomic mass is 9.71. The van der Waals surface area contributed by atoms with E-state index >= 15 is 0 Å². The van der Waals surface area contributed by atoms with Crippen LogP contribution in [0.2, 0.25) is 0 Å². The van der Waals surface area contributed by atoms with E-state index in [1.54, 1.807) is 0 Å². The Hall–Kier alpha value is -1.70. The van der Waals surface area contributed by atoms with E-state index in [2.05, 4.69) is 23.5 Å². The first-order valence-corrected chi connectivity index (χ1v) is 6.69. The lowest BCUT2D eigenvalue weighted by Crippen LogP contribution is -2.47. The van der Waals surface area contributed by atoms with Gasteiger partial charge in [0.15, 0.2) is 0 Å². The molecule has 0 aliphatic heterocycles. The van der Waals surface area contributed by atoms with Gasteiger partial charge in [0.1, 0.15) is 0 Å². The van der Waals surface area contributed by atoms with E-state index in [0.29, 0.717) is 31.7 Å². The van der Waals surface area contributed by atoms with Crippen molar-refractivity contribution < 1.29 is 14.7 Å². The van der Waals surface area contributed by atoms with Gasteiger partial charge < -0.3 is 15.7 Å². The van der Waals surface area contributed by atoms with Crippen molar-refractivity contribution in [3.05, 3.63) is 0 Å². The second-order valence-electron chi connectivity index (χ2n) is 5.33. The van der Waals surface area contributed by atoms with Crippen LogP contribution < -0.4 is 10.6 Å². The minimum atomic E-state index is -0.816. The second kappa shape index (κ2) is 7.03. The zero-order chi connectivity index (χ0) is 14.3. The van der Waals surface area contributed by atoms with E-state index in [9.17, 15) is 14.7 Å². The van der Waals surface area contributed by atoms with E-state index in [1.165, 1.54) is 0 Å². The number of amides is 2. The summed E-state index contributed by atoms with van der Waals surface area (Å²) in [7, 11) is 0. The summed E-state index contributed by atoms with van der Waals surface area (Å²) in [6, 6.07) is -0.352. The monoisotopic (exact) mass is 266 g/mol. The number of rotatable bonds is 5. The van der Waals surface area contributed by atoms with Gasteiger partial charge >= 0.3 is 12.0 Å². The van der Waals surface area contributed by atoms with Crippen molar-refractivity contribution in [2.45, 2.75) is 39.0 Å². The van der Waals surface area contributed by atoms with Crippen LogP contribution in [-0.2, 0) is 4.79 Å². The molecule has 0 spiro atoms. The highest BCUT2D eigenvalue weighted by atomic mass is 16.4. The van der Waals surface area contributed by atoms with Gasteiger partial charge in [0.05, 0.1) is 5.41 Å². The lowest BCUT2D eigenvalue weighted by molar-refractivity contribution is -0.151. The first-order valence-electron chi connectivity index (χ1n) is 6.69. The van der Waals surface area contributed by atoms with Crippen molar-refractivity contribution in [2.24, 2.45) is 11.3 Å². The Balaban J connectivity index is 2.45. The minimum absolute atomic E-state index is 0.178. The Morgan fingerprint density at radius 3 is 2.53 bits per heavy atom. The van der Waals surface area contributed by atoms with E-state index in [1.807, 2.05) is 0 Å². The molecule has 0 aromatic heterocycles. The number of hydrogen-bond donors (Lipinski definition) is 3. The SMILES string of the molecule is C#CCCNC(=O)NCC1(C(=O)O)CCC(C)CC1. The molecule has 0 aromatic rings. The fraction of sp³-hybridized carbons (Fsp3) is 0.714. The maximum absolute atomic E-state index is 11.5. The molecule has 1 saturated carbocycles. The molecule has 1 aliphatic carbocycles. The van der Waals surface area contributed by atoms with Gasteiger partial charge in [-0.2, -0.15) is 0 Å². The molecule has 0 atom stereocenters. The van der Waals surface area contributed by atoms with Crippen molar-refractivity contribution in [3.8, 4) is 12.3 Å². The van der Waals surface area contributed by atoms with Crippen LogP contribution in [0, 0.1) is 23.7 Å². The number of carboxylic acid groups (broad SMARTS) is 1. The highest BCUT2D eigenvalue weighted by Gasteiger charge is 2.41. The normalized spacial score (nSPS) is 26.2. The predicted octanol–water partition coefficient (Wildman–Crippen LogP) is 1.59. The molecule has 19 heavy (non-hydrogen) atoms. The van der Waals surface area contributed by atoms with Crippen LogP contribution in [-0.4, -0.2) is 30.2 Å². The molecule has 2 amide bonds. The first-order chi connectivity index (χ1) is 9.00. The molecular weight excluding hydrogens is 244 g/mol. The molecule has 5 nitrogen and oxygen atoms in total. The van der Waals surface area contributed by atoms with Gasteiger partial charge in [-0.3, -0.25) is 4.79 Å². The molecule has 1 fully saturated rings. The maximum Gasteiger partial charge on any atom is 0.314 e. The number of carbonyl (C=O) groups excluding carboxylic acids is 1. The van der Waals surface area contributed by atoms with Crippen LogP contribution in [0.4, 0.5) is 4.79 Å². The fourth-order valence-corrected chi connectivity index (χ4v) is 2.34. The highest BCUT2D eigenvalue weighted by Crippen LogP contribution is 2.38. The smallest absolute Gasteiger partial charge is 0.314 e. The van der Waals surface area contributed by atoms with Gasteiger partial charge in [-0.05, 0) is 31.6 Å². The van der Waals surface area contributed by atoms with Crippen LogP contribution in [0.3, 0.4) is 0 Å². The topological polar surface area (TPSA) is 78.4 Å². The van der Waals surface area contributed by atoms with Crippen LogP contribution in [0.5, 0.6) is 0 Å². The van der Waals surface area contributed by atoms with Crippen LogP contribution in [0.1, 0.15) is 39.0 Å². The summed E-state index contributed by atoms with van der Waals surface area (Å²) in [6.45, 7) is 2.71. The van der Waals surface area contributed by atoms with E-state index < -0.39 is 11.4 Å². The Kier molecular flexibility index (Phi) is 5.68. The fourth-order valence-electron chi connectivity index (χ4n) is 2.34. The van der Waals surface area contributed by atoms with Crippen molar-refractivity contribution in [1.82, 2.24) is 10.6 Å². The molecule has 1 aliphatic rings. The molecule has 0 saturated heterocycles. The summed E-state index contributed by atoms with van der Waals surface area (Å²) in [4.78, 5) is 23.0. The third kappa shape index (κ3) is 4.47. The molecule has 0 aromatic carbocycles. The Labute approximate surface area is 114 Å². The van der Waals surface area contributed by atoms with Gasteiger partial charge in [0, 0.05) is 19.5 Å². The average molecular weight is 266 g/mol. The van der Waals surface area contributed by atoms with Crippen molar-refractivity contribution in [2.75, 3.05) is 13.1 Å². The van der Waals surface area contributed by atoms with Gasteiger partial charge in [-0.25, -0.2) is 4.79 Å². The molecule has 1 rings (SSSR count). The van der Waals surface area contributed by atoms with Crippen molar-refractivity contribution >= 4 is 12.0 Å². The van der Waals surface area contributed by atoms with Gasteiger partial charge in [-0.15, -0.1) is 12.3 Å². The number of nitrogens with one attached hydrogen (secondary N) is 2. The van der Waals surface area contributed by atoms with Crippen molar-refractivity contribution in [1.29, 1.82) is 0 Å². The molecular formula is C14H22N2O3. The Morgan fingerprint density at radius 2 is 2.00 bits per heavy atom. The summed E-state index contributed by atoms with van der Waals surface area (Å²) < 4.78 is 0. The summed E-state index contributed by atoms with van der Waals surface area (Å²) in [5, 5.41) is 14.7.